The molecule has 0 heteroatoms. The second-order valence-corrected chi connectivity index (χ2v) is 9.28. The first-order valence-corrected chi connectivity index (χ1v) is 12.5. The first-order chi connectivity index (χ1) is 17.5. The van der Waals surface area contributed by atoms with Crippen molar-refractivity contribution in [3.05, 3.63) is 166 Å². The minimum absolute atomic E-state index is 1.15. The van der Waals surface area contributed by atoms with Crippen LogP contribution in [0.25, 0.3) is 22.4 Å². The summed E-state index contributed by atoms with van der Waals surface area (Å²) >= 11 is 0. The van der Waals surface area contributed by atoms with E-state index in [1.807, 2.05) is 6.08 Å². The van der Waals surface area contributed by atoms with E-state index >= 15 is 0 Å². The lowest BCUT2D eigenvalue weighted by atomic mass is 9.89. The molecule has 0 fully saturated rings. The molecule has 4 aromatic carbocycles. The van der Waals surface area contributed by atoms with E-state index < -0.39 is 0 Å². The lowest BCUT2D eigenvalue weighted by Gasteiger charge is -2.15. The monoisotopic (exact) mass is 466 g/mol. The first-order valence-electron chi connectivity index (χ1n) is 12.5. The number of hydrogen-bond donors (Lipinski definition) is 0. The quantitative estimate of drug-likeness (QED) is 0.252. The predicted octanol–water partition coefficient (Wildman–Crippen LogP) is 8.12. The number of hydrogen-bond acceptors (Lipinski definition) is 0. The zero-order valence-electron chi connectivity index (χ0n) is 21.8. The highest BCUT2D eigenvalue weighted by Gasteiger charge is 2.12. The molecule has 0 saturated heterocycles. The summed E-state index contributed by atoms with van der Waals surface area (Å²) in [6.07, 6.45) is 12.8. The molecule has 0 spiro atoms. The van der Waals surface area contributed by atoms with Gasteiger partial charge < -0.3 is 0 Å². The third kappa shape index (κ3) is 5.73. The molecular formula is C36H34. The molecule has 36 heavy (non-hydrogen) atoms. The molecule has 0 aliphatic heterocycles. The lowest BCUT2D eigenvalue weighted by Crippen LogP contribution is -2.28. The van der Waals surface area contributed by atoms with E-state index in [2.05, 4.69) is 150 Å². The van der Waals surface area contributed by atoms with Crippen molar-refractivity contribution in [2.45, 2.75) is 27.7 Å². The van der Waals surface area contributed by atoms with Crippen molar-refractivity contribution in [2.75, 3.05) is 0 Å². The first kappa shape index (κ1) is 24.9. The molecule has 0 atom stereocenters. The zero-order chi connectivity index (χ0) is 25.5. The maximum Gasteiger partial charge on any atom is -0.00300 e. The molecule has 0 unspecified atom stereocenters. The van der Waals surface area contributed by atoms with Crippen LogP contribution in [0.4, 0.5) is 0 Å². The van der Waals surface area contributed by atoms with Crippen molar-refractivity contribution in [3.8, 4) is 0 Å². The molecule has 0 aliphatic rings. The van der Waals surface area contributed by atoms with Crippen LogP contribution in [0.2, 0.25) is 0 Å². The van der Waals surface area contributed by atoms with Crippen LogP contribution in [0, 0.1) is 13.8 Å². The Balaban J connectivity index is 2.11. The molecule has 4 rings (SSSR count). The minimum Gasteiger partial charge on any atom is -0.0990 e. The van der Waals surface area contributed by atoms with E-state index in [0.29, 0.717) is 0 Å². The van der Waals surface area contributed by atoms with Crippen LogP contribution in [0.5, 0.6) is 0 Å². The van der Waals surface area contributed by atoms with Crippen molar-refractivity contribution < 1.29 is 0 Å². The molecule has 0 amide bonds. The summed E-state index contributed by atoms with van der Waals surface area (Å²) in [5.74, 6) is 0. The molecule has 0 saturated carbocycles. The van der Waals surface area contributed by atoms with Gasteiger partial charge in [0.2, 0.25) is 0 Å². The van der Waals surface area contributed by atoms with Crippen LogP contribution in [0.1, 0.15) is 36.1 Å². The minimum atomic E-state index is 1.15. The van der Waals surface area contributed by atoms with Crippen LogP contribution >= 0.6 is 0 Å². The summed E-state index contributed by atoms with van der Waals surface area (Å²) in [6, 6.07) is 30.6. The fraction of sp³-hybridized carbons (Fsp3) is 0.111. The fourth-order valence-electron chi connectivity index (χ4n) is 4.68. The van der Waals surface area contributed by atoms with Gasteiger partial charge in [-0.2, -0.15) is 0 Å². The molecule has 0 bridgehead atoms. The van der Waals surface area contributed by atoms with Crippen molar-refractivity contribution in [2.24, 2.45) is 0 Å². The normalized spacial score (nSPS) is 13.9. The Morgan fingerprint density at radius 3 is 2.33 bits per heavy atom. The standard InChI is InChI=1S/C36H34/c1-6-12-26(3)22-33(13-7-2)36(35-23-27(4)18-19-28(35)5)34-17-11-10-16-32(34)25-29-20-21-30-14-8-9-15-31(30)24-29/h6-25H,2H2,1,3-5H3/b12-6-,26-22+,32-25+,33-13+,36-34-. The van der Waals surface area contributed by atoms with E-state index in [4.69, 9.17) is 0 Å². The lowest BCUT2D eigenvalue weighted by molar-refractivity contribution is 1.34. The van der Waals surface area contributed by atoms with Gasteiger partial charge in [0.05, 0.1) is 0 Å². The second-order valence-electron chi connectivity index (χ2n) is 9.28. The van der Waals surface area contributed by atoms with Gasteiger partial charge in [-0.1, -0.05) is 127 Å². The molecule has 0 nitrogen and oxygen atoms in total. The Morgan fingerprint density at radius 1 is 0.806 bits per heavy atom. The Morgan fingerprint density at radius 2 is 1.56 bits per heavy atom. The van der Waals surface area contributed by atoms with Gasteiger partial charge >= 0.3 is 0 Å². The van der Waals surface area contributed by atoms with Crippen molar-refractivity contribution >= 4 is 22.4 Å². The molecule has 4 aromatic rings. The van der Waals surface area contributed by atoms with Crippen LogP contribution in [0.3, 0.4) is 0 Å². The van der Waals surface area contributed by atoms with Crippen molar-refractivity contribution in [1.82, 2.24) is 0 Å². The van der Waals surface area contributed by atoms with Crippen LogP contribution < -0.4 is 10.4 Å². The topological polar surface area (TPSA) is 0 Å². The van der Waals surface area contributed by atoms with Crippen molar-refractivity contribution in [1.29, 1.82) is 0 Å². The summed E-state index contributed by atoms with van der Waals surface area (Å²) < 4.78 is 0. The van der Waals surface area contributed by atoms with E-state index in [-0.39, 0.29) is 0 Å². The van der Waals surface area contributed by atoms with Gasteiger partial charge in [0.15, 0.2) is 0 Å². The average molecular weight is 467 g/mol. The second kappa shape index (κ2) is 11.5. The highest BCUT2D eigenvalue weighted by Crippen LogP contribution is 2.27. The summed E-state index contributed by atoms with van der Waals surface area (Å²) in [5, 5.41) is 4.90. The van der Waals surface area contributed by atoms with E-state index in [1.165, 1.54) is 54.6 Å². The maximum absolute atomic E-state index is 4.04. The highest BCUT2D eigenvalue weighted by molar-refractivity contribution is 5.86. The zero-order valence-corrected chi connectivity index (χ0v) is 21.8. The summed E-state index contributed by atoms with van der Waals surface area (Å²) in [6.45, 7) is 12.6. The Bertz CT molecular complexity index is 1620. The molecule has 0 aliphatic carbocycles. The molecule has 0 aromatic heterocycles. The van der Waals surface area contributed by atoms with Crippen molar-refractivity contribution in [3.63, 3.8) is 0 Å². The largest absolute Gasteiger partial charge is 0.0990 e. The van der Waals surface area contributed by atoms with Gasteiger partial charge in [-0.15, -0.1) is 0 Å². The van der Waals surface area contributed by atoms with Gasteiger partial charge in [-0.3, -0.25) is 0 Å². The van der Waals surface area contributed by atoms with Gasteiger partial charge in [0.25, 0.3) is 0 Å². The Labute approximate surface area is 215 Å². The van der Waals surface area contributed by atoms with Gasteiger partial charge in [-0.25, -0.2) is 0 Å². The van der Waals surface area contributed by atoms with E-state index in [9.17, 15) is 0 Å². The van der Waals surface area contributed by atoms with Crippen LogP contribution in [0.15, 0.2) is 133 Å². The molecular weight excluding hydrogens is 432 g/mol. The predicted molar refractivity (Wildman–Crippen MR) is 158 cm³/mol. The van der Waals surface area contributed by atoms with Crippen LogP contribution in [-0.4, -0.2) is 0 Å². The molecule has 0 radical (unpaired) electrons. The molecule has 178 valence electrons. The number of allylic oxidation sites excluding steroid dienone is 7. The van der Waals surface area contributed by atoms with Crippen LogP contribution in [-0.2, 0) is 0 Å². The third-order valence-corrected chi connectivity index (χ3v) is 6.39. The Hall–Kier alpha value is -4.16. The SMILES string of the molecule is C=C/C=C(\C=C(C)\C=C/C)C(/c1cc(C)ccc1C)=c1\cccc\c1=C/c1ccc2ccccc2c1. The fourth-order valence-corrected chi connectivity index (χ4v) is 4.68. The van der Waals surface area contributed by atoms with E-state index in [0.717, 1.165) is 5.57 Å². The number of aryl methyl sites for hydroxylation is 2. The number of fused-ring (bicyclic) bond motifs is 1. The maximum atomic E-state index is 4.04. The third-order valence-electron chi connectivity index (χ3n) is 6.39. The Kier molecular flexibility index (Phi) is 7.98. The summed E-state index contributed by atoms with van der Waals surface area (Å²) in [7, 11) is 0. The summed E-state index contributed by atoms with van der Waals surface area (Å²) in [4.78, 5) is 0. The van der Waals surface area contributed by atoms with E-state index in [1.54, 1.807) is 0 Å². The highest BCUT2D eigenvalue weighted by atomic mass is 14.2. The smallest absolute Gasteiger partial charge is 0.00300 e. The number of benzene rings is 4. The van der Waals surface area contributed by atoms with Gasteiger partial charge in [-0.05, 0) is 88.9 Å². The number of rotatable bonds is 6. The van der Waals surface area contributed by atoms with Gasteiger partial charge in [0, 0.05) is 0 Å². The molecule has 0 N–H and O–H groups in total. The average Bonchev–Trinajstić information content (AvgIpc) is 2.87. The molecule has 0 heterocycles. The summed E-state index contributed by atoms with van der Waals surface area (Å²) in [5.41, 5.74) is 8.49. The van der Waals surface area contributed by atoms with Gasteiger partial charge in [0.1, 0.15) is 0 Å².